The van der Waals surface area contributed by atoms with E-state index in [9.17, 15) is 0 Å². The largest absolute Gasteiger partial charge is 0.399 e. The molecule has 19 heavy (non-hydrogen) atoms. The Labute approximate surface area is 118 Å². The maximum atomic E-state index is 5.88. The summed E-state index contributed by atoms with van der Waals surface area (Å²) >= 11 is 0. The molecule has 0 bridgehead atoms. The van der Waals surface area contributed by atoms with E-state index in [1.165, 1.54) is 43.2 Å². The highest BCUT2D eigenvalue weighted by Crippen LogP contribution is 2.29. The number of anilines is 1. The molecular formula is C17H28N2. The normalized spacial score (nSPS) is 23.8. The molecule has 0 aliphatic heterocycles. The number of hydrogen-bond acceptors (Lipinski definition) is 2. The highest BCUT2D eigenvalue weighted by molar-refractivity contribution is 5.47. The maximum Gasteiger partial charge on any atom is 0.0343 e. The SMILES string of the molecule is CCC1CCC(N(C)Cc2ccc(N)c(C)c2)CC1. The Bertz CT molecular complexity index is 406. The van der Waals surface area contributed by atoms with Gasteiger partial charge in [-0.25, -0.2) is 0 Å². The van der Waals surface area contributed by atoms with Crippen LogP contribution in [0.15, 0.2) is 18.2 Å². The van der Waals surface area contributed by atoms with E-state index in [1.807, 2.05) is 6.07 Å². The molecule has 1 saturated carbocycles. The molecule has 1 aliphatic carbocycles. The van der Waals surface area contributed by atoms with Crippen LogP contribution in [0.5, 0.6) is 0 Å². The molecule has 1 aliphatic rings. The van der Waals surface area contributed by atoms with Crippen LogP contribution >= 0.6 is 0 Å². The average Bonchev–Trinajstić information content (AvgIpc) is 2.43. The van der Waals surface area contributed by atoms with Gasteiger partial charge in [0.1, 0.15) is 0 Å². The Morgan fingerprint density at radius 2 is 1.89 bits per heavy atom. The van der Waals surface area contributed by atoms with Crippen molar-refractivity contribution in [3.63, 3.8) is 0 Å². The Balaban J connectivity index is 1.90. The third-order valence-corrected chi connectivity index (χ3v) is 4.78. The summed E-state index contributed by atoms with van der Waals surface area (Å²) in [7, 11) is 2.27. The summed E-state index contributed by atoms with van der Waals surface area (Å²) in [5.41, 5.74) is 9.35. The van der Waals surface area contributed by atoms with Gasteiger partial charge in [0.15, 0.2) is 0 Å². The summed E-state index contributed by atoms with van der Waals surface area (Å²) in [6.45, 7) is 5.46. The van der Waals surface area contributed by atoms with Crippen molar-refractivity contribution in [1.82, 2.24) is 4.90 Å². The molecule has 1 aromatic rings. The van der Waals surface area contributed by atoms with Crippen LogP contribution in [0.2, 0.25) is 0 Å². The molecule has 0 amide bonds. The Kier molecular flexibility index (Phi) is 4.87. The van der Waals surface area contributed by atoms with Gasteiger partial charge < -0.3 is 5.73 Å². The molecule has 0 atom stereocenters. The van der Waals surface area contributed by atoms with Gasteiger partial charge >= 0.3 is 0 Å². The van der Waals surface area contributed by atoms with Gasteiger partial charge in [-0.1, -0.05) is 25.5 Å². The summed E-state index contributed by atoms with van der Waals surface area (Å²) in [5, 5.41) is 0. The van der Waals surface area contributed by atoms with Crippen LogP contribution in [0.1, 0.15) is 50.2 Å². The van der Waals surface area contributed by atoms with Crippen LogP contribution in [-0.4, -0.2) is 18.0 Å². The van der Waals surface area contributed by atoms with Gasteiger partial charge in [0.2, 0.25) is 0 Å². The lowest BCUT2D eigenvalue weighted by Gasteiger charge is -2.34. The lowest BCUT2D eigenvalue weighted by Crippen LogP contribution is -2.34. The topological polar surface area (TPSA) is 29.3 Å². The number of aryl methyl sites for hydroxylation is 1. The quantitative estimate of drug-likeness (QED) is 0.830. The summed E-state index contributed by atoms with van der Waals surface area (Å²) in [6, 6.07) is 7.19. The smallest absolute Gasteiger partial charge is 0.0343 e. The second kappa shape index (κ2) is 6.42. The first-order chi connectivity index (χ1) is 9.10. The molecule has 0 saturated heterocycles. The van der Waals surface area contributed by atoms with Gasteiger partial charge in [-0.05, 0) is 62.8 Å². The minimum Gasteiger partial charge on any atom is -0.399 e. The minimum absolute atomic E-state index is 0.764. The second-order valence-electron chi connectivity index (χ2n) is 6.19. The molecular weight excluding hydrogens is 232 g/mol. The van der Waals surface area contributed by atoms with Crippen molar-refractivity contribution >= 4 is 5.69 Å². The molecule has 1 aromatic carbocycles. The van der Waals surface area contributed by atoms with E-state index in [4.69, 9.17) is 5.73 Å². The molecule has 0 radical (unpaired) electrons. The Morgan fingerprint density at radius 1 is 1.21 bits per heavy atom. The van der Waals surface area contributed by atoms with Crippen LogP contribution in [0.3, 0.4) is 0 Å². The molecule has 0 heterocycles. The van der Waals surface area contributed by atoms with Gasteiger partial charge in [0.05, 0.1) is 0 Å². The fourth-order valence-electron chi connectivity index (χ4n) is 3.25. The van der Waals surface area contributed by atoms with Crippen LogP contribution in [-0.2, 0) is 6.54 Å². The fraction of sp³-hybridized carbons (Fsp3) is 0.647. The van der Waals surface area contributed by atoms with Gasteiger partial charge in [-0.2, -0.15) is 0 Å². The highest BCUT2D eigenvalue weighted by Gasteiger charge is 2.22. The number of hydrogen-bond donors (Lipinski definition) is 1. The number of rotatable bonds is 4. The van der Waals surface area contributed by atoms with E-state index >= 15 is 0 Å². The van der Waals surface area contributed by atoms with E-state index in [-0.39, 0.29) is 0 Å². The van der Waals surface area contributed by atoms with Gasteiger partial charge in [-0.15, -0.1) is 0 Å². The molecule has 2 N–H and O–H groups in total. The van der Waals surface area contributed by atoms with E-state index < -0.39 is 0 Å². The van der Waals surface area contributed by atoms with Crippen LogP contribution in [0, 0.1) is 12.8 Å². The van der Waals surface area contributed by atoms with Gasteiger partial charge in [-0.3, -0.25) is 4.90 Å². The van der Waals surface area contributed by atoms with Gasteiger partial charge in [0.25, 0.3) is 0 Å². The first kappa shape index (κ1) is 14.4. The number of nitrogens with zero attached hydrogens (tertiary/aromatic N) is 1. The second-order valence-corrected chi connectivity index (χ2v) is 6.19. The predicted molar refractivity (Wildman–Crippen MR) is 83.1 cm³/mol. The van der Waals surface area contributed by atoms with Crippen LogP contribution in [0.4, 0.5) is 5.69 Å². The predicted octanol–water partition coefficient (Wildman–Crippen LogP) is 3.98. The summed E-state index contributed by atoms with van der Waals surface area (Å²) in [4.78, 5) is 2.52. The summed E-state index contributed by atoms with van der Waals surface area (Å²) in [6.07, 6.45) is 6.90. The zero-order valence-electron chi connectivity index (χ0n) is 12.7. The van der Waals surface area contributed by atoms with Crippen molar-refractivity contribution in [2.45, 2.75) is 58.5 Å². The third-order valence-electron chi connectivity index (χ3n) is 4.78. The molecule has 0 unspecified atom stereocenters. The summed E-state index contributed by atoms with van der Waals surface area (Å²) in [5.74, 6) is 0.975. The van der Waals surface area contributed by atoms with Crippen molar-refractivity contribution in [2.75, 3.05) is 12.8 Å². The molecule has 2 nitrogen and oxygen atoms in total. The van der Waals surface area contributed by atoms with Crippen LogP contribution < -0.4 is 5.73 Å². The first-order valence-electron chi connectivity index (χ1n) is 7.65. The standard InChI is InChI=1S/C17H28N2/c1-4-14-5-8-16(9-6-14)19(3)12-15-7-10-17(18)13(2)11-15/h7,10-11,14,16H,4-6,8-9,12,18H2,1-3H3. The number of nitrogen functional groups attached to an aromatic ring is 1. The van der Waals surface area contributed by atoms with E-state index in [0.717, 1.165) is 24.2 Å². The highest BCUT2D eigenvalue weighted by atomic mass is 15.1. The minimum atomic E-state index is 0.764. The van der Waals surface area contributed by atoms with Crippen molar-refractivity contribution in [1.29, 1.82) is 0 Å². The Morgan fingerprint density at radius 3 is 2.47 bits per heavy atom. The van der Waals surface area contributed by atoms with Crippen molar-refractivity contribution in [2.24, 2.45) is 5.92 Å². The monoisotopic (exact) mass is 260 g/mol. The van der Waals surface area contributed by atoms with E-state index in [2.05, 4.69) is 37.9 Å². The molecule has 1 fully saturated rings. The lowest BCUT2D eigenvalue weighted by molar-refractivity contribution is 0.157. The lowest BCUT2D eigenvalue weighted by atomic mass is 9.84. The maximum absolute atomic E-state index is 5.88. The fourth-order valence-corrected chi connectivity index (χ4v) is 3.25. The average molecular weight is 260 g/mol. The van der Waals surface area contributed by atoms with Crippen LogP contribution in [0.25, 0.3) is 0 Å². The van der Waals surface area contributed by atoms with Crippen molar-refractivity contribution < 1.29 is 0 Å². The number of benzene rings is 1. The third kappa shape index (κ3) is 3.73. The molecule has 2 rings (SSSR count). The van der Waals surface area contributed by atoms with E-state index in [0.29, 0.717) is 0 Å². The first-order valence-corrected chi connectivity index (χ1v) is 7.65. The molecule has 0 aromatic heterocycles. The molecule has 0 spiro atoms. The summed E-state index contributed by atoms with van der Waals surface area (Å²) < 4.78 is 0. The van der Waals surface area contributed by atoms with Crippen molar-refractivity contribution in [3.8, 4) is 0 Å². The molecule has 106 valence electrons. The zero-order chi connectivity index (χ0) is 13.8. The molecule has 2 heteroatoms. The zero-order valence-corrected chi connectivity index (χ0v) is 12.7. The van der Waals surface area contributed by atoms with E-state index in [1.54, 1.807) is 0 Å². The van der Waals surface area contributed by atoms with Gasteiger partial charge in [0, 0.05) is 18.3 Å². The van der Waals surface area contributed by atoms with Crippen molar-refractivity contribution in [3.05, 3.63) is 29.3 Å². The number of nitrogens with two attached hydrogens (primary N) is 1. The Hall–Kier alpha value is -1.02.